The SMILES string of the molecule is Cc1c(Cl)c2cccnc2n(Cc2ccccc2)c1=O. The molecule has 100 valence electrons. The molecule has 0 atom stereocenters. The molecule has 0 fully saturated rings. The molecular weight excluding hydrogens is 272 g/mol. The molecule has 0 saturated carbocycles. The van der Waals surface area contributed by atoms with Gasteiger partial charge in [-0.15, -0.1) is 0 Å². The van der Waals surface area contributed by atoms with E-state index in [4.69, 9.17) is 11.6 Å². The molecule has 1 aromatic carbocycles. The summed E-state index contributed by atoms with van der Waals surface area (Å²) in [5, 5.41) is 1.30. The first-order valence-corrected chi connectivity index (χ1v) is 6.74. The molecule has 0 unspecified atom stereocenters. The zero-order valence-electron chi connectivity index (χ0n) is 11.0. The number of nitrogens with zero attached hydrogens (tertiary/aromatic N) is 2. The van der Waals surface area contributed by atoms with Crippen molar-refractivity contribution in [1.29, 1.82) is 0 Å². The van der Waals surface area contributed by atoms with Gasteiger partial charge in [0.05, 0.1) is 11.6 Å². The van der Waals surface area contributed by atoms with E-state index < -0.39 is 0 Å². The summed E-state index contributed by atoms with van der Waals surface area (Å²) in [5.74, 6) is 0. The molecule has 0 radical (unpaired) electrons. The summed E-state index contributed by atoms with van der Waals surface area (Å²) in [7, 11) is 0. The second kappa shape index (κ2) is 5.10. The largest absolute Gasteiger partial charge is 0.288 e. The lowest BCUT2D eigenvalue weighted by molar-refractivity contribution is 0.776. The first kappa shape index (κ1) is 12.9. The van der Waals surface area contributed by atoms with Crippen molar-refractivity contribution in [3.63, 3.8) is 0 Å². The number of pyridine rings is 2. The van der Waals surface area contributed by atoms with Crippen LogP contribution in [0.15, 0.2) is 53.5 Å². The van der Waals surface area contributed by atoms with Gasteiger partial charge in [0, 0.05) is 17.1 Å². The van der Waals surface area contributed by atoms with E-state index in [0.29, 0.717) is 22.8 Å². The third kappa shape index (κ3) is 2.10. The summed E-state index contributed by atoms with van der Waals surface area (Å²) < 4.78 is 1.67. The average molecular weight is 285 g/mol. The Morgan fingerprint density at radius 2 is 1.90 bits per heavy atom. The second-order valence-electron chi connectivity index (χ2n) is 4.69. The van der Waals surface area contributed by atoms with Gasteiger partial charge in [0.25, 0.3) is 5.56 Å². The molecule has 0 bridgehead atoms. The minimum atomic E-state index is -0.0925. The number of halogens is 1. The quantitative estimate of drug-likeness (QED) is 0.723. The summed E-state index contributed by atoms with van der Waals surface area (Å²) in [6.07, 6.45) is 1.68. The van der Waals surface area contributed by atoms with Crippen LogP contribution in [0.25, 0.3) is 11.0 Å². The van der Waals surface area contributed by atoms with Gasteiger partial charge in [-0.1, -0.05) is 41.9 Å². The molecule has 4 heteroatoms. The van der Waals surface area contributed by atoms with Crippen LogP contribution >= 0.6 is 11.6 Å². The number of benzene rings is 1. The van der Waals surface area contributed by atoms with Gasteiger partial charge in [-0.25, -0.2) is 4.98 Å². The van der Waals surface area contributed by atoms with Crippen molar-refractivity contribution in [3.8, 4) is 0 Å². The van der Waals surface area contributed by atoms with Crippen LogP contribution in [0.1, 0.15) is 11.1 Å². The highest BCUT2D eigenvalue weighted by Crippen LogP contribution is 2.23. The molecule has 0 saturated heterocycles. The van der Waals surface area contributed by atoms with Crippen LogP contribution in [0.4, 0.5) is 0 Å². The molecule has 0 aliphatic carbocycles. The number of hydrogen-bond donors (Lipinski definition) is 0. The maximum absolute atomic E-state index is 12.4. The molecule has 3 rings (SSSR count). The third-order valence-corrected chi connectivity index (χ3v) is 3.84. The lowest BCUT2D eigenvalue weighted by atomic mass is 10.2. The molecule has 2 aromatic heterocycles. The fraction of sp³-hybridized carbons (Fsp3) is 0.125. The fourth-order valence-electron chi connectivity index (χ4n) is 2.29. The molecule has 0 spiro atoms. The minimum absolute atomic E-state index is 0.0925. The minimum Gasteiger partial charge on any atom is -0.288 e. The topological polar surface area (TPSA) is 34.9 Å². The number of hydrogen-bond acceptors (Lipinski definition) is 2. The maximum atomic E-state index is 12.4. The molecule has 3 nitrogen and oxygen atoms in total. The summed E-state index contributed by atoms with van der Waals surface area (Å²) in [6, 6.07) is 13.6. The smallest absolute Gasteiger partial charge is 0.256 e. The van der Waals surface area contributed by atoms with Crippen LogP contribution in [0.2, 0.25) is 5.02 Å². The van der Waals surface area contributed by atoms with E-state index in [0.717, 1.165) is 10.9 Å². The Balaban J connectivity index is 2.27. The highest BCUT2D eigenvalue weighted by Gasteiger charge is 2.13. The summed E-state index contributed by atoms with van der Waals surface area (Å²) in [6.45, 7) is 2.24. The van der Waals surface area contributed by atoms with Crippen molar-refractivity contribution >= 4 is 22.6 Å². The van der Waals surface area contributed by atoms with E-state index in [2.05, 4.69) is 4.98 Å². The predicted molar refractivity (Wildman–Crippen MR) is 81.3 cm³/mol. The van der Waals surface area contributed by atoms with Gasteiger partial charge in [0.15, 0.2) is 0 Å². The van der Waals surface area contributed by atoms with E-state index in [1.807, 2.05) is 42.5 Å². The molecule has 0 N–H and O–H groups in total. The Labute approximate surface area is 121 Å². The van der Waals surface area contributed by atoms with Gasteiger partial charge in [0.1, 0.15) is 5.65 Å². The van der Waals surface area contributed by atoms with Crippen LogP contribution in [0.5, 0.6) is 0 Å². The normalized spacial score (nSPS) is 10.9. The zero-order chi connectivity index (χ0) is 14.1. The number of rotatable bonds is 2. The first-order chi connectivity index (χ1) is 9.68. The predicted octanol–water partition coefficient (Wildman–Crippen LogP) is 3.41. The van der Waals surface area contributed by atoms with Crippen LogP contribution in [-0.2, 0) is 6.54 Å². The van der Waals surface area contributed by atoms with E-state index in [-0.39, 0.29) is 5.56 Å². The van der Waals surface area contributed by atoms with Crippen LogP contribution in [0, 0.1) is 6.92 Å². The number of fused-ring (bicyclic) bond motifs is 1. The van der Waals surface area contributed by atoms with Crippen molar-refractivity contribution in [2.24, 2.45) is 0 Å². The first-order valence-electron chi connectivity index (χ1n) is 6.36. The summed E-state index contributed by atoms with van der Waals surface area (Å²) in [5.41, 5.74) is 2.15. The molecule has 0 aliphatic heterocycles. The standard InChI is InChI=1S/C16H13ClN2O/c1-11-14(17)13-8-5-9-18-15(13)19(16(11)20)10-12-6-3-2-4-7-12/h2-9H,10H2,1H3. The Morgan fingerprint density at radius 1 is 1.15 bits per heavy atom. The number of aromatic nitrogens is 2. The average Bonchev–Trinajstić information content (AvgIpc) is 2.50. The molecule has 0 amide bonds. The van der Waals surface area contributed by atoms with Crippen LogP contribution in [0.3, 0.4) is 0 Å². The highest BCUT2D eigenvalue weighted by molar-refractivity contribution is 6.35. The fourth-order valence-corrected chi connectivity index (χ4v) is 2.52. The summed E-state index contributed by atoms with van der Waals surface area (Å²) in [4.78, 5) is 16.8. The van der Waals surface area contributed by atoms with Crippen molar-refractivity contribution in [2.45, 2.75) is 13.5 Å². The Morgan fingerprint density at radius 3 is 2.65 bits per heavy atom. The van der Waals surface area contributed by atoms with Crippen molar-refractivity contribution < 1.29 is 0 Å². The monoisotopic (exact) mass is 284 g/mol. The van der Waals surface area contributed by atoms with Gasteiger partial charge in [0.2, 0.25) is 0 Å². The zero-order valence-corrected chi connectivity index (χ0v) is 11.8. The molecule has 3 aromatic rings. The molecular formula is C16H13ClN2O. The maximum Gasteiger partial charge on any atom is 0.256 e. The third-order valence-electron chi connectivity index (χ3n) is 3.36. The van der Waals surface area contributed by atoms with E-state index in [9.17, 15) is 4.79 Å². The highest BCUT2D eigenvalue weighted by atomic mass is 35.5. The van der Waals surface area contributed by atoms with Gasteiger partial charge < -0.3 is 0 Å². The van der Waals surface area contributed by atoms with Gasteiger partial charge in [-0.2, -0.15) is 0 Å². The van der Waals surface area contributed by atoms with Gasteiger partial charge in [-0.05, 0) is 24.6 Å². The van der Waals surface area contributed by atoms with E-state index >= 15 is 0 Å². The second-order valence-corrected chi connectivity index (χ2v) is 5.07. The van der Waals surface area contributed by atoms with Crippen molar-refractivity contribution in [3.05, 3.63) is 75.2 Å². The van der Waals surface area contributed by atoms with Crippen LogP contribution < -0.4 is 5.56 Å². The van der Waals surface area contributed by atoms with Crippen molar-refractivity contribution in [2.75, 3.05) is 0 Å². The summed E-state index contributed by atoms with van der Waals surface area (Å²) >= 11 is 6.25. The Kier molecular flexibility index (Phi) is 3.28. The van der Waals surface area contributed by atoms with Gasteiger partial charge >= 0.3 is 0 Å². The molecule has 2 heterocycles. The molecule has 20 heavy (non-hydrogen) atoms. The lowest BCUT2D eigenvalue weighted by Crippen LogP contribution is -2.24. The lowest BCUT2D eigenvalue weighted by Gasteiger charge is -2.12. The van der Waals surface area contributed by atoms with E-state index in [1.165, 1.54) is 0 Å². The Hall–Kier alpha value is -2.13. The van der Waals surface area contributed by atoms with Gasteiger partial charge in [-0.3, -0.25) is 9.36 Å². The molecule has 0 aliphatic rings. The van der Waals surface area contributed by atoms with Crippen molar-refractivity contribution in [1.82, 2.24) is 9.55 Å². The van der Waals surface area contributed by atoms with E-state index in [1.54, 1.807) is 17.7 Å². The van der Waals surface area contributed by atoms with Crippen LogP contribution in [-0.4, -0.2) is 9.55 Å². The Bertz CT molecular complexity index is 825.